The summed E-state index contributed by atoms with van der Waals surface area (Å²) in [4.78, 5) is 0. The molecule has 0 bridgehead atoms. The Hall–Kier alpha value is -0.860. The summed E-state index contributed by atoms with van der Waals surface area (Å²) >= 11 is 0. The summed E-state index contributed by atoms with van der Waals surface area (Å²) in [7, 11) is 1.74. The lowest BCUT2D eigenvalue weighted by Crippen LogP contribution is -2.28. The number of hydrogen-bond donors (Lipinski definition) is 1. The van der Waals surface area contributed by atoms with E-state index in [1.165, 1.54) is 11.1 Å². The van der Waals surface area contributed by atoms with Crippen molar-refractivity contribution < 1.29 is 4.74 Å². The molecule has 15 heavy (non-hydrogen) atoms. The highest BCUT2D eigenvalue weighted by Gasteiger charge is 2.14. The van der Waals surface area contributed by atoms with Crippen LogP contribution in [-0.2, 0) is 16.7 Å². The van der Waals surface area contributed by atoms with Crippen LogP contribution in [-0.4, -0.2) is 13.2 Å². The van der Waals surface area contributed by atoms with Crippen molar-refractivity contribution in [2.75, 3.05) is 7.11 Å². The van der Waals surface area contributed by atoms with Gasteiger partial charge in [-0.3, -0.25) is 0 Å². The van der Waals surface area contributed by atoms with Gasteiger partial charge < -0.3 is 10.5 Å². The van der Waals surface area contributed by atoms with Crippen molar-refractivity contribution in [1.82, 2.24) is 0 Å². The molecular formula is C13H21NO. The Morgan fingerprint density at radius 3 is 2.60 bits per heavy atom. The lowest BCUT2D eigenvalue weighted by Gasteiger charge is -2.20. The van der Waals surface area contributed by atoms with Crippen LogP contribution < -0.4 is 5.73 Å². The van der Waals surface area contributed by atoms with Gasteiger partial charge in [0.2, 0.25) is 0 Å². The molecule has 0 aromatic heterocycles. The quantitative estimate of drug-likeness (QED) is 0.823. The summed E-state index contributed by atoms with van der Waals surface area (Å²) in [5.41, 5.74) is 8.23. The second-order valence-corrected chi connectivity index (χ2v) is 4.67. The van der Waals surface area contributed by atoms with Gasteiger partial charge in [-0.1, -0.05) is 24.3 Å². The van der Waals surface area contributed by atoms with Crippen LogP contribution in [0.15, 0.2) is 24.3 Å². The first-order chi connectivity index (χ1) is 6.93. The van der Waals surface area contributed by atoms with Crippen molar-refractivity contribution in [2.45, 2.75) is 38.8 Å². The standard InChI is InChI=1S/C13H21NO/c1-10(15-4)8-11-6-5-7-12(9-11)13(2,3)14/h5-7,9-10H,8,14H2,1-4H3. The number of hydrogen-bond acceptors (Lipinski definition) is 2. The Kier molecular flexibility index (Phi) is 3.89. The summed E-state index contributed by atoms with van der Waals surface area (Å²) in [6, 6.07) is 8.41. The van der Waals surface area contributed by atoms with E-state index in [1.807, 2.05) is 13.8 Å². The van der Waals surface area contributed by atoms with Gasteiger partial charge in [0.05, 0.1) is 6.10 Å². The van der Waals surface area contributed by atoms with Crippen LogP contribution in [0.5, 0.6) is 0 Å². The van der Waals surface area contributed by atoms with Crippen LogP contribution in [0.1, 0.15) is 31.9 Å². The summed E-state index contributed by atoms with van der Waals surface area (Å²) in [5.74, 6) is 0. The van der Waals surface area contributed by atoms with Crippen molar-refractivity contribution in [2.24, 2.45) is 5.73 Å². The predicted octanol–water partition coefficient (Wildman–Crippen LogP) is 2.46. The van der Waals surface area contributed by atoms with Crippen LogP contribution >= 0.6 is 0 Å². The molecule has 2 heteroatoms. The Morgan fingerprint density at radius 2 is 2.07 bits per heavy atom. The van der Waals surface area contributed by atoms with E-state index in [-0.39, 0.29) is 11.6 Å². The summed E-state index contributed by atoms with van der Waals surface area (Å²) < 4.78 is 5.25. The average Bonchev–Trinajstić information content (AvgIpc) is 2.17. The summed E-state index contributed by atoms with van der Waals surface area (Å²) in [5, 5.41) is 0. The Bertz CT molecular complexity index is 315. The van der Waals surface area contributed by atoms with Gasteiger partial charge in [0.25, 0.3) is 0 Å². The molecule has 0 aliphatic heterocycles. The Morgan fingerprint density at radius 1 is 1.40 bits per heavy atom. The molecule has 2 nitrogen and oxygen atoms in total. The van der Waals surface area contributed by atoms with Crippen molar-refractivity contribution in [1.29, 1.82) is 0 Å². The van der Waals surface area contributed by atoms with E-state index in [1.54, 1.807) is 7.11 Å². The molecule has 1 aromatic rings. The van der Waals surface area contributed by atoms with Crippen LogP contribution in [0.3, 0.4) is 0 Å². The third kappa shape index (κ3) is 3.65. The SMILES string of the molecule is COC(C)Cc1cccc(C(C)(C)N)c1. The monoisotopic (exact) mass is 207 g/mol. The molecule has 0 radical (unpaired) electrons. The first-order valence-corrected chi connectivity index (χ1v) is 5.34. The number of rotatable bonds is 4. The van der Waals surface area contributed by atoms with Crippen molar-refractivity contribution >= 4 is 0 Å². The maximum Gasteiger partial charge on any atom is 0.0583 e. The van der Waals surface area contributed by atoms with Crippen LogP contribution in [0.25, 0.3) is 0 Å². The first-order valence-electron chi connectivity index (χ1n) is 5.34. The van der Waals surface area contributed by atoms with Gasteiger partial charge in [-0.05, 0) is 38.3 Å². The lowest BCUT2D eigenvalue weighted by atomic mass is 9.93. The maximum atomic E-state index is 6.06. The average molecular weight is 207 g/mol. The highest BCUT2D eigenvalue weighted by molar-refractivity contribution is 5.28. The zero-order valence-corrected chi connectivity index (χ0v) is 10.1. The second-order valence-electron chi connectivity index (χ2n) is 4.67. The van der Waals surface area contributed by atoms with Gasteiger partial charge in [-0.25, -0.2) is 0 Å². The van der Waals surface area contributed by atoms with Gasteiger partial charge in [-0.2, -0.15) is 0 Å². The minimum absolute atomic E-state index is 0.251. The van der Waals surface area contributed by atoms with Crippen molar-refractivity contribution in [3.63, 3.8) is 0 Å². The normalized spacial score (nSPS) is 13.9. The van der Waals surface area contributed by atoms with Crippen molar-refractivity contribution in [3.05, 3.63) is 35.4 Å². The van der Waals surface area contributed by atoms with Gasteiger partial charge in [0.15, 0.2) is 0 Å². The predicted molar refractivity (Wildman–Crippen MR) is 63.8 cm³/mol. The zero-order valence-electron chi connectivity index (χ0n) is 10.1. The van der Waals surface area contributed by atoms with E-state index in [4.69, 9.17) is 10.5 Å². The largest absolute Gasteiger partial charge is 0.381 e. The smallest absolute Gasteiger partial charge is 0.0583 e. The molecule has 0 heterocycles. The fourth-order valence-corrected chi connectivity index (χ4v) is 1.51. The van der Waals surface area contributed by atoms with Crippen LogP contribution in [0.2, 0.25) is 0 Å². The molecule has 0 saturated heterocycles. The topological polar surface area (TPSA) is 35.2 Å². The molecule has 1 atom stereocenters. The maximum absolute atomic E-state index is 6.06. The van der Waals surface area contributed by atoms with E-state index in [0.717, 1.165) is 6.42 Å². The molecule has 2 N–H and O–H groups in total. The van der Waals surface area contributed by atoms with Gasteiger partial charge in [0.1, 0.15) is 0 Å². The molecule has 0 fully saturated rings. The van der Waals surface area contributed by atoms with Crippen molar-refractivity contribution in [3.8, 4) is 0 Å². The molecule has 0 aliphatic rings. The van der Waals surface area contributed by atoms with Crippen LogP contribution in [0, 0.1) is 0 Å². The molecule has 0 spiro atoms. The van der Waals surface area contributed by atoms with E-state index in [9.17, 15) is 0 Å². The molecule has 0 aliphatic carbocycles. The molecule has 1 aromatic carbocycles. The minimum Gasteiger partial charge on any atom is -0.381 e. The second kappa shape index (κ2) is 4.77. The van der Waals surface area contributed by atoms with Gasteiger partial charge in [0, 0.05) is 12.6 Å². The summed E-state index contributed by atoms with van der Waals surface area (Å²) in [6.45, 7) is 6.11. The molecule has 1 unspecified atom stereocenters. The first kappa shape index (κ1) is 12.2. The highest BCUT2D eigenvalue weighted by atomic mass is 16.5. The number of benzene rings is 1. The molecular weight excluding hydrogens is 186 g/mol. The van der Waals surface area contributed by atoms with Crippen LogP contribution in [0.4, 0.5) is 0 Å². The fraction of sp³-hybridized carbons (Fsp3) is 0.538. The Balaban J connectivity index is 2.84. The lowest BCUT2D eigenvalue weighted by molar-refractivity contribution is 0.119. The van der Waals surface area contributed by atoms with E-state index >= 15 is 0 Å². The molecule has 0 saturated carbocycles. The molecule has 1 rings (SSSR count). The summed E-state index contributed by atoms with van der Waals surface area (Å²) in [6.07, 6.45) is 1.18. The third-order valence-corrected chi connectivity index (χ3v) is 2.60. The fourth-order valence-electron chi connectivity index (χ4n) is 1.51. The number of nitrogens with two attached hydrogens (primary N) is 1. The van der Waals surface area contributed by atoms with E-state index in [2.05, 4.69) is 31.2 Å². The third-order valence-electron chi connectivity index (χ3n) is 2.60. The zero-order chi connectivity index (χ0) is 11.5. The van der Waals surface area contributed by atoms with E-state index < -0.39 is 0 Å². The van der Waals surface area contributed by atoms with E-state index in [0.29, 0.717) is 0 Å². The van der Waals surface area contributed by atoms with Gasteiger partial charge >= 0.3 is 0 Å². The molecule has 0 amide bonds. The minimum atomic E-state index is -0.272. The molecule has 84 valence electrons. The number of methoxy groups -OCH3 is 1. The Labute approximate surface area is 92.4 Å². The number of ether oxygens (including phenoxy) is 1. The highest BCUT2D eigenvalue weighted by Crippen LogP contribution is 2.18. The van der Waals surface area contributed by atoms with Gasteiger partial charge in [-0.15, -0.1) is 0 Å².